The maximum atomic E-state index is 4.40. The molecule has 2 heteroatoms. The highest BCUT2D eigenvalue weighted by Gasteiger charge is 2.31. The number of hydrogen-bond acceptors (Lipinski definition) is 2. The highest BCUT2D eigenvalue weighted by atomic mass is 14.9. The number of nitrogens with zero attached hydrogens (tertiary/aromatic N) is 1. The van der Waals surface area contributed by atoms with Gasteiger partial charge in [-0.05, 0) is 42.5 Å². The summed E-state index contributed by atoms with van der Waals surface area (Å²) in [4.78, 5) is 4.40. The molecule has 2 nitrogen and oxygen atoms in total. The number of hydrogen-bond donors (Lipinski definition) is 1. The summed E-state index contributed by atoms with van der Waals surface area (Å²) < 4.78 is 0. The molecule has 2 aliphatic rings. The molecule has 14 heavy (non-hydrogen) atoms. The molecule has 2 atom stereocenters. The molecule has 1 saturated heterocycles. The van der Waals surface area contributed by atoms with Gasteiger partial charge in [0.1, 0.15) is 0 Å². The number of allylic oxidation sites excluding steroid dienone is 1. The van der Waals surface area contributed by atoms with E-state index in [1.165, 1.54) is 24.2 Å². The van der Waals surface area contributed by atoms with Gasteiger partial charge in [0.25, 0.3) is 0 Å². The maximum absolute atomic E-state index is 4.40. The van der Waals surface area contributed by atoms with E-state index < -0.39 is 0 Å². The van der Waals surface area contributed by atoms with E-state index in [0.29, 0.717) is 0 Å². The molecular weight excluding hydrogens is 172 g/mol. The molecule has 0 spiro atoms. The van der Waals surface area contributed by atoms with Crippen molar-refractivity contribution in [2.24, 2.45) is 11.8 Å². The third kappa shape index (κ3) is 1.26. The lowest BCUT2D eigenvalue weighted by atomic mass is 9.99. The Morgan fingerprint density at radius 3 is 3.07 bits per heavy atom. The van der Waals surface area contributed by atoms with Crippen LogP contribution in [0, 0.1) is 11.8 Å². The van der Waals surface area contributed by atoms with Crippen molar-refractivity contribution in [1.82, 2.24) is 10.3 Å². The van der Waals surface area contributed by atoms with E-state index in [-0.39, 0.29) is 0 Å². The summed E-state index contributed by atoms with van der Waals surface area (Å²) in [7, 11) is 0. The second-order valence-corrected chi connectivity index (χ2v) is 4.19. The Balaban J connectivity index is 1.88. The third-order valence-electron chi connectivity index (χ3n) is 3.28. The van der Waals surface area contributed by atoms with Gasteiger partial charge < -0.3 is 5.32 Å². The maximum Gasteiger partial charge on any atom is 0.0658 e. The lowest BCUT2D eigenvalue weighted by Gasteiger charge is -2.05. The van der Waals surface area contributed by atoms with Crippen molar-refractivity contribution in [3.05, 3.63) is 36.2 Å². The minimum atomic E-state index is 0.756. The quantitative estimate of drug-likeness (QED) is 0.722. The molecule has 1 N–H and O–H groups in total. The monoisotopic (exact) mass is 186 g/mol. The van der Waals surface area contributed by atoms with E-state index in [1.807, 2.05) is 12.3 Å². The van der Waals surface area contributed by atoms with Crippen LogP contribution >= 0.6 is 0 Å². The summed E-state index contributed by atoms with van der Waals surface area (Å²) in [5, 5.41) is 3.43. The normalized spacial score (nSPS) is 30.1. The van der Waals surface area contributed by atoms with Gasteiger partial charge in [-0.25, -0.2) is 0 Å². The summed E-state index contributed by atoms with van der Waals surface area (Å²) in [6.07, 6.45) is 5.49. The van der Waals surface area contributed by atoms with Crippen molar-refractivity contribution >= 4 is 5.57 Å². The van der Waals surface area contributed by atoms with Crippen LogP contribution in [0.3, 0.4) is 0 Å². The highest BCUT2D eigenvalue weighted by Crippen LogP contribution is 2.37. The average Bonchev–Trinajstić information content (AvgIpc) is 2.78. The van der Waals surface area contributed by atoms with Crippen LogP contribution in [-0.4, -0.2) is 18.1 Å². The molecule has 3 rings (SSSR count). The Hall–Kier alpha value is -1.15. The van der Waals surface area contributed by atoms with Crippen molar-refractivity contribution in [1.29, 1.82) is 0 Å². The van der Waals surface area contributed by atoms with Crippen molar-refractivity contribution in [2.45, 2.75) is 6.42 Å². The zero-order valence-corrected chi connectivity index (χ0v) is 8.11. The minimum absolute atomic E-state index is 0.756. The lowest BCUT2D eigenvalue weighted by molar-refractivity contribution is 0.536. The van der Waals surface area contributed by atoms with Crippen LogP contribution in [-0.2, 0) is 0 Å². The van der Waals surface area contributed by atoms with Crippen LogP contribution in [0.15, 0.2) is 30.5 Å². The molecule has 72 valence electrons. The number of rotatable bonds is 1. The van der Waals surface area contributed by atoms with Gasteiger partial charge in [-0.2, -0.15) is 0 Å². The summed E-state index contributed by atoms with van der Waals surface area (Å²) in [5.74, 6) is 1.58. The van der Waals surface area contributed by atoms with Gasteiger partial charge in [0.15, 0.2) is 0 Å². The van der Waals surface area contributed by atoms with Gasteiger partial charge in [0.05, 0.1) is 5.69 Å². The fourth-order valence-electron chi connectivity index (χ4n) is 2.52. The zero-order chi connectivity index (χ0) is 9.38. The van der Waals surface area contributed by atoms with Gasteiger partial charge in [-0.1, -0.05) is 12.1 Å². The summed E-state index contributed by atoms with van der Waals surface area (Å²) >= 11 is 0. The number of nitrogens with one attached hydrogen (secondary N) is 1. The predicted octanol–water partition coefficient (Wildman–Crippen LogP) is 1.70. The Kier molecular flexibility index (Phi) is 1.88. The Bertz CT molecular complexity index is 356. The topological polar surface area (TPSA) is 24.9 Å². The molecule has 1 aromatic rings. The number of fused-ring (bicyclic) bond motifs is 1. The van der Waals surface area contributed by atoms with Crippen LogP contribution in [0.1, 0.15) is 12.1 Å². The molecule has 0 bridgehead atoms. The fourth-order valence-corrected chi connectivity index (χ4v) is 2.52. The Labute approximate surface area is 84.1 Å². The van der Waals surface area contributed by atoms with Gasteiger partial charge in [0.2, 0.25) is 0 Å². The van der Waals surface area contributed by atoms with Crippen molar-refractivity contribution in [3.63, 3.8) is 0 Å². The van der Waals surface area contributed by atoms with E-state index in [0.717, 1.165) is 18.4 Å². The first-order valence-electron chi connectivity index (χ1n) is 5.26. The smallest absolute Gasteiger partial charge is 0.0658 e. The molecule has 1 aliphatic heterocycles. The number of pyridine rings is 1. The molecule has 0 unspecified atom stereocenters. The number of aromatic nitrogens is 1. The van der Waals surface area contributed by atoms with Crippen molar-refractivity contribution in [2.75, 3.05) is 13.1 Å². The van der Waals surface area contributed by atoms with E-state index in [9.17, 15) is 0 Å². The van der Waals surface area contributed by atoms with Gasteiger partial charge in [-0.3, -0.25) is 4.98 Å². The Morgan fingerprint density at radius 2 is 2.29 bits per heavy atom. The van der Waals surface area contributed by atoms with Gasteiger partial charge in [0, 0.05) is 12.7 Å². The van der Waals surface area contributed by atoms with Gasteiger partial charge in [-0.15, -0.1) is 0 Å². The van der Waals surface area contributed by atoms with E-state index in [1.54, 1.807) is 0 Å². The van der Waals surface area contributed by atoms with Gasteiger partial charge >= 0.3 is 0 Å². The standard InChI is InChI=1S/C12H14N2/c1-2-4-14-12(3-1)9-5-10-7-13-8-11(10)6-9/h1-5,10-11,13H,6-8H2/t10-,11+/m1/s1. The predicted molar refractivity (Wildman–Crippen MR) is 56.7 cm³/mol. The molecule has 0 amide bonds. The first-order valence-corrected chi connectivity index (χ1v) is 5.26. The largest absolute Gasteiger partial charge is 0.316 e. The molecule has 2 heterocycles. The summed E-state index contributed by atoms with van der Waals surface area (Å²) in [6.45, 7) is 2.33. The second-order valence-electron chi connectivity index (χ2n) is 4.19. The van der Waals surface area contributed by atoms with Crippen LogP contribution < -0.4 is 5.32 Å². The molecular formula is C12H14N2. The minimum Gasteiger partial charge on any atom is -0.316 e. The van der Waals surface area contributed by atoms with Crippen LogP contribution in [0.25, 0.3) is 5.57 Å². The van der Waals surface area contributed by atoms with Crippen LogP contribution in [0.5, 0.6) is 0 Å². The first kappa shape index (κ1) is 8.18. The van der Waals surface area contributed by atoms with Crippen molar-refractivity contribution in [3.8, 4) is 0 Å². The average molecular weight is 186 g/mol. The second kappa shape index (κ2) is 3.21. The highest BCUT2D eigenvalue weighted by molar-refractivity contribution is 5.65. The molecule has 1 aliphatic carbocycles. The van der Waals surface area contributed by atoms with Crippen LogP contribution in [0.4, 0.5) is 0 Å². The summed E-state index contributed by atoms with van der Waals surface area (Å²) in [5.41, 5.74) is 2.61. The molecule has 0 saturated carbocycles. The first-order chi connectivity index (χ1) is 6.93. The molecule has 1 aromatic heterocycles. The zero-order valence-electron chi connectivity index (χ0n) is 8.11. The molecule has 0 aromatic carbocycles. The van der Waals surface area contributed by atoms with E-state index in [4.69, 9.17) is 0 Å². The van der Waals surface area contributed by atoms with E-state index in [2.05, 4.69) is 28.5 Å². The molecule has 1 fully saturated rings. The lowest BCUT2D eigenvalue weighted by Crippen LogP contribution is -2.09. The van der Waals surface area contributed by atoms with Crippen molar-refractivity contribution < 1.29 is 0 Å². The Morgan fingerprint density at radius 1 is 1.29 bits per heavy atom. The fraction of sp³-hybridized carbons (Fsp3) is 0.417. The summed E-state index contributed by atoms with van der Waals surface area (Å²) in [6, 6.07) is 6.15. The van der Waals surface area contributed by atoms with Crippen LogP contribution in [0.2, 0.25) is 0 Å². The third-order valence-corrected chi connectivity index (χ3v) is 3.28. The molecule has 0 radical (unpaired) electrons. The SMILES string of the molecule is C1=C(c2ccccn2)C[C@H]2CNC[C@@H]12. The van der Waals surface area contributed by atoms with E-state index >= 15 is 0 Å².